The summed E-state index contributed by atoms with van der Waals surface area (Å²) in [7, 11) is 0. The largest absolute Gasteiger partial charge is 0.416 e. The van der Waals surface area contributed by atoms with Gasteiger partial charge in [0.15, 0.2) is 0 Å². The van der Waals surface area contributed by atoms with E-state index in [0.29, 0.717) is 0 Å². The molecule has 0 aromatic heterocycles. The first-order valence-corrected chi connectivity index (χ1v) is 7.03. The summed E-state index contributed by atoms with van der Waals surface area (Å²) in [6.45, 7) is 0.568. The van der Waals surface area contributed by atoms with Gasteiger partial charge in [0.05, 0.1) is 17.2 Å². The molecule has 0 spiro atoms. The zero-order valence-electron chi connectivity index (χ0n) is 13.0. The molecule has 0 unspecified atom stereocenters. The second-order valence-electron chi connectivity index (χ2n) is 5.36. The SMILES string of the molecule is Cl.Cl.FC(F)[C@H](c1cc(C(F)(F)F)ccc1C(F)(F)F)N1CCNCC1. The Morgan fingerprint density at radius 2 is 1.42 bits per heavy atom. The van der Waals surface area contributed by atoms with E-state index in [-0.39, 0.29) is 69.2 Å². The Morgan fingerprint density at radius 1 is 0.885 bits per heavy atom. The van der Waals surface area contributed by atoms with Crippen molar-refractivity contribution < 1.29 is 35.1 Å². The van der Waals surface area contributed by atoms with E-state index in [2.05, 4.69) is 5.32 Å². The van der Waals surface area contributed by atoms with Crippen LogP contribution in [0.4, 0.5) is 35.1 Å². The summed E-state index contributed by atoms with van der Waals surface area (Å²) in [5.41, 5.74) is -3.90. The van der Waals surface area contributed by atoms with Crippen molar-refractivity contribution in [3.05, 3.63) is 34.9 Å². The zero-order chi connectivity index (χ0) is 18.1. The van der Waals surface area contributed by atoms with Gasteiger partial charge in [-0.05, 0) is 23.8 Å². The van der Waals surface area contributed by atoms with Gasteiger partial charge >= 0.3 is 12.4 Å². The van der Waals surface area contributed by atoms with Gasteiger partial charge in [-0.2, -0.15) is 26.3 Å². The van der Waals surface area contributed by atoms with E-state index in [4.69, 9.17) is 0 Å². The number of piperazine rings is 1. The van der Waals surface area contributed by atoms with E-state index in [9.17, 15) is 35.1 Å². The van der Waals surface area contributed by atoms with Crippen LogP contribution in [-0.4, -0.2) is 37.5 Å². The number of hydrogen-bond donors (Lipinski definition) is 1. The van der Waals surface area contributed by atoms with Crippen LogP contribution in [0.25, 0.3) is 0 Å². The van der Waals surface area contributed by atoms with Crippen molar-refractivity contribution in [3.8, 4) is 0 Å². The maximum atomic E-state index is 13.5. The summed E-state index contributed by atoms with van der Waals surface area (Å²) < 4.78 is 105. The number of nitrogens with zero attached hydrogens (tertiary/aromatic N) is 1. The van der Waals surface area contributed by atoms with Crippen LogP contribution in [0, 0.1) is 0 Å². The van der Waals surface area contributed by atoms with E-state index >= 15 is 0 Å². The van der Waals surface area contributed by atoms with Crippen LogP contribution in [0.3, 0.4) is 0 Å². The molecule has 1 aliphatic heterocycles. The summed E-state index contributed by atoms with van der Waals surface area (Å²) in [6.07, 6.45) is -13.2. The Morgan fingerprint density at radius 3 is 1.85 bits per heavy atom. The van der Waals surface area contributed by atoms with Crippen LogP contribution >= 0.6 is 24.8 Å². The molecule has 0 amide bonds. The molecule has 1 atom stereocenters. The molecular formula is C14H16Cl2F8N2. The molecule has 0 saturated carbocycles. The van der Waals surface area contributed by atoms with Gasteiger partial charge in [-0.1, -0.05) is 0 Å². The topological polar surface area (TPSA) is 15.3 Å². The maximum absolute atomic E-state index is 13.5. The van der Waals surface area contributed by atoms with Gasteiger partial charge in [-0.3, -0.25) is 4.90 Å². The predicted molar refractivity (Wildman–Crippen MR) is 84.1 cm³/mol. The average Bonchev–Trinajstić information content (AvgIpc) is 2.46. The number of rotatable bonds is 3. The van der Waals surface area contributed by atoms with Crippen molar-refractivity contribution in [2.24, 2.45) is 0 Å². The molecule has 1 aromatic carbocycles. The monoisotopic (exact) mass is 434 g/mol. The third-order valence-corrected chi connectivity index (χ3v) is 3.79. The second-order valence-corrected chi connectivity index (χ2v) is 5.36. The highest BCUT2D eigenvalue weighted by molar-refractivity contribution is 5.85. The highest BCUT2D eigenvalue weighted by Gasteiger charge is 2.42. The van der Waals surface area contributed by atoms with Crippen LogP contribution in [0.1, 0.15) is 22.7 Å². The third-order valence-electron chi connectivity index (χ3n) is 3.79. The Labute approximate surface area is 156 Å². The fraction of sp³-hybridized carbons (Fsp3) is 0.571. The summed E-state index contributed by atoms with van der Waals surface area (Å²) in [5.74, 6) is 0. The lowest BCUT2D eigenvalue weighted by Gasteiger charge is -2.36. The molecule has 2 rings (SSSR count). The molecule has 0 radical (unpaired) electrons. The average molecular weight is 435 g/mol. The molecule has 1 heterocycles. The fourth-order valence-electron chi connectivity index (χ4n) is 2.69. The second kappa shape index (κ2) is 9.38. The first-order valence-electron chi connectivity index (χ1n) is 7.03. The summed E-state index contributed by atoms with van der Waals surface area (Å²) in [6, 6.07) is -1.39. The van der Waals surface area contributed by atoms with Crippen molar-refractivity contribution in [1.29, 1.82) is 0 Å². The zero-order valence-corrected chi connectivity index (χ0v) is 14.6. The molecule has 1 saturated heterocycles. The summed E-state index contributed by atoms with van der Waals surface area (Å²) in [5, 5.41) is 2.85. The lowest BCUT2D eigenvalue weighted by atomic mass is 9.95. The van der Waals surface area contributed by atoms with E-state index in [0.717, 1.165) is 4.90 Å². The summed E-state index contributed by atoms with van der Waals surface area (Å²) in [4.78, 5) is 1.08. The first-order chi connectivity index (χ1) is 11.0. The molecule has 0 aliphatic carbocycles. The molecule has 2 nitrogen and oxygen atoms in total. The lowest BCUT2D eigenvalue weighted by molar-refractivity contribution is -0.143. The van der Waals surface area contributed by atoms with Crippen molar-refractivity contribution in [2.45, 2.75) is 24.8 Å². The van der Waals surface area contributed by atoms with E-state index in [1.807, 2.05) is 0 Å². The van der Waals surface area contributed by atoms with Crippen LogP contribution in [-0.2, 0) is 12.4 Å². The van der Waals surface area contributed by atoms with Crippen molar-refractivity contribution >= 4 is 24.8 Å². The van der Waals surface area contributed by atoms with Crippen LogP contribution in [0.5, 0.6) is 0 Å². The molecule has 152 valence electrons. The smallest absolute Gasteiger partial charge is 0.314 e. The Kier molecular flexibility index (Phi) is 9.08. The van der Waals surface area contributed by atoms with Crippen molar-refractivity contribution in [3.63, 3.8) is 0 Å². The number of benzene rings is 1. The van der Waals surface area contributed by atoms with Crippen LogP contribution in [0.15, 0.2) is 18.2 Å². The Balaban J connectivity index is 0.00000312. The van der Waals surface area contributed by atoms with Crippen LogP contribution < -0.4 is 5.32 Å². The van der Waals surface area contributed by atoms with Crippen molar-refractivity contribution in [2.75, 3.05) is 26.2 Å². The highest BCUT2D eigenvalue weighted by atomic mass is 35.5. The van der Waals surface area contributed by atoms with Gasteiger partial charge < -0.3 is 5.32 Å². The summed E-state index contributed by atoms with van der Waals surface area (Å²) >= 11 is 0. The van der Waals surface area contributed by atoms with Gasteiger partial charge in [0.1, 0.15) is 0 Å². The minimum Gasteiger partial charge on any atom is -0.314 e. The third kappa shape index (κ3) is 5.83. The molecular weight excluding hydrogens is 419 g/mol. The van der Waals surface area contributed by atoms with Gasteiger partial charge in [0.2, 0.25) is 0 Å². The molecule has 1 fully saturated rings. The number of hydrogen-bond acceptors (Lipinski definition) is 2. The number of alkyl halides is 8. The fourth-order valence-corrected chi connectivity index (χ4v) is 2.69. The number of halogens is 10. The maximum Gasteiger partial charge on any atom is 0.416 e. The molecule has 1 aromatic rings. The minimum absolute atomic E-state index is 0. The molecule has 1 N–H and O–H groups in total. The molecule has 0 bridgehead atoms. The van der Waals surface area contributed by atoms with Gasteiger partial charge in [-0.15, -0.1) is 24.8 Å². The van der Waals surface area contributed by atoms with Gasteiger partial charge in [0.25, 0.3) is 6.43 Å². The van der Waals surface area contributed by atoms with E-state index in [1.54, 1.807) is 0 Å². The predicted octanol–water partition coefficient (Wildman–Crippen LogP) is 4.78. The molecule has 1 aliphatic rings. The van der Waals surface area contributed by atoms with Gasteiger partial charge in [-0.25, -0.2) is 8.78 Å². The standard InChI is InChI=1S/C14H14F8N2.2ClH/c15-12(16)11(24-5-3-23-4-6-24)9-7-8(13(17,18)19)1-2-10(9)14(20,21)22;;/h1-2,7,11-12,23H,3-6H2;2*1H/t11-;;/m0../s1. The van der Waals surface area contributed by atoms with Gasteiger partial charge in [0, 0.05) is 26.2 Å². The lowest BCUT2D eigenvalue weighted by Crippen LogP contribution is -2.47. The Hall–Kier alpha value is -0.840. The quantitative estimate of drug-likeness (QED) is 0.688. The minimum atomic E-state index is -5.03. The molecule has 12 heteroatoms. The van der Waals surface area contributed by atoms with Crippen LogP contribution in [0.2, 0.25) is 0 Å². The highest BCUT2D eigenvalue weighted by Crippen LogP contribution is 2.41. The van der Waals surface area contributed by atoms with E-state index in [1.165, 1.54) is 0 Å². The number of nitrogens with one attached hydrogen (secondary N) is 1. The first kappa shape index (κ1) is 25.2. The normalized spacial score (nSPS) is 17.4. The molecule has 26 heavy (non-hydrogen) atoms. The van der Waals surface area contributed by atoms with E-state index < -0.39 is 41.5 Å². The Bertz CT molecular complexity index is 571. The van der Waals surface area contributed by atoms with Crippen molar-refractivity contribution in [1.82, 2.24) is 10.2 Å².